The second-order valence-corrected chi connectivity index (χ2v) is 6.75. The van der Waals surface area contributed by atoms with Gasteiger partial charge < -0.3 is 15.5 Å². The predicted molar refractivity (Wildman–Crippen MR) is 111 cm³/mol. The van der Waals surface area contributed by atoms with Gasteiger partial charge in [0.1, 0.15) is 0 Å². The normalized spacial score (nSPS) is 17.6. The van der Waals surface area contributed by atoms with Crippen molar-refractivity contribution in [3.05, 3.63) is 18.0 Å². The first kappa shape index (κ1) is 21.7. The zero-order chi connectivity index (χ0) is 17.5. The van der Waals surface area contributed by atoms with Crippen LogP contribution in [0.25, 0.3) is 0 Å². The summed E-state index contributed by atoms with van der Waals surface area (Å²) in [6, 6.07) is 0. The molecule has 1 unspecified atom stereocenters. The van der Waals surface area contributed by atoms with Gasteiger partial charge in [0.05, 0.1) is 6.20 Å². The standard InChI is InChI=1S/C17H30N6O.HI/c1-13(2)16(24)19-6-7-20-17(18-3)23-8-5-14(12-23)9-15-10-21-22(4)11-15;/h10-11,13-14H,5-9,12H2,1-4H3,(H,18,20)(H,19,24);1H. The summed E-state index contributed by atoms with van der Waals surface area (Å²) in [5.41, 5.74) is 1.30. The van der Waals surface area contributed by atoms with Crippen LogP contribution < -0.4 is 10.6 Å². The molecule has 2 heterocycles. The van der Waals surface area contributed by atoms with E-state index in [9.17, 15) is 4.79 Å². The molecule has 1 aromatic rings. The van der Waals surface area contributed by atoms with E-state index in [4.69, 9.17) is 0 Å². The fraction of sp³-hybridized carbons (Fsp3) is 0.706. The third-order valence-corrected chi connectivity index (χ3v) is 4.31. The van der Waals surface area contributed by atoms with Crippen molar-refractivity contribution < 1.29 is 4.79 Å². The molecule has 7 nitrogen and oxygen atoms in total. The summed E-state index contributed by atoms with van der Waals surface area (Å²) in [5.74, 6) is 1.66. The van der Waals surface area contributed by atoms with Crippen molar-refractivity contribution in [3.63, 3.8) is 0 Å². The van der Waals surface area contributed by atoms with E-state index in [2.05, 4.69) is 31.8 Å². The molecule has 8 heteroatoms. The van der Waals surface area contributed by atoms with Crippen molar-refractivity contribution in [2.24, 2.45) is 23.9 Å². The summed E-state index contributed by atoms with van der Waals surface area (Å²) < 4.78 is 1.86. The number of amides is 1. The van der Waals surface area contributed by atoms with Crippen LogP contribution in [-0.2, 0) is 18.3 Å². The molecule has 1 saturated heterocycles. The highest BCUT2D eigenvalue weighted by molar-refractivity contribution is 14.0. The van der Waals surface area contributed by atoms with Crippen LogP contribution in [0.1, 0.15) is 25.8 Å². The van der Waals surface area contributed by atoms with Gasteiger partial charge in [0.15, 0.2) is 5.96 Å². The zero-order valence-corrected chi connectivity index (χ0v) is 18.0. The monoisotopic (exact) mass is 462 g/mol. The summed E-state index contributed by atoms with van der Waals surface area (Å²) >= 11 is 0. The topological polar surface area (TPSA) is 74.6 Å². The Labute approximate surface area is 167 Å². The maximum absolute atomic E-state index is 11.5. The number of hydrogen-bond acceptors (Lipinski definition) is 3. The highest BCUT2D eigenvalue weighted by Gasteiger charge is 2.25. The molecule has 1 atom stereocenters. The minimum atomic E-state index is 0. The van der Waals surface area contributed by atoms with Crippen molar-refractivity contribution in [3.8, 4) is 0 Å². The fourth-order valence-electron chi connectivity index (χ4n) is 3.00. The van der Waals surface area contributed by atoms with Gasteiger partial charge in [-0.3, -0.25) is 14.5 Å². The van der Waals surface area contributed by atoms with E-state index < -0.39 is 0 Å². The molecule has 142 valence electrons. The van der Waals surface area contributed by atoms with Gasteiger partial charge in [0, 0.05) is 52.4 Å². The van der Waals surface area contributed by atoms with Gasteiger partial charge in [-0.15, -0.1) is 24.0 Å². The number of aromatic nitrogens is 2. The third-order valence-electron chi connectivity index (χ3n) is 4.31. The van der Waals surface area contributed by atoms with Crippen LogP contribution in [0, 0.1) is 11.8 Å². The number of nitrogens with one attached hydrogen (secondary N) is 2. The maximum Gasteiger partial charge on any atom is 0.222 e. The second kappa shape index (κ2) is 10.6. The summed E-state index contributed by atoms with van der Waals surface area (Å²) in [7, 11) is 3.76. The van der Waals surface area contributed by atoms with E-state index in [0.29, 0.717) is 19.0 Å². The largest absolute Gasteiger partial charge is 0.354 e. The van der Waals surface area contributed by atoms with Gasteiger partial charge in [0.25, 0.3) is 0 Å². The molecule has 1 amide bonds. The minimum absolute atomic E-state index is 0. The number of hydrogen-bond donors (Lipinski definition) is 2. The van der Waals surface area contributed by atoms with Gasteiger partial charge in [0.2, 0.25) is 5.91 Å². The van der Waals surface area contributed by atoms with Crippen molar-refractivity contribution in [2.75, 3.05) is 33.2 Å². The smallest absolute Gasteiger partial charge is 0.222 e. The van der Waals surface area contributed by atoms with Gasteiger partial charge >= 0.3 is 0 Å². The molecule has 1 aliphatic rings. The lowest BCUT2D eigenvalue weighted by Crippen LogP contribution is -2.43. The molecule has 0 spiro atoms. The lowest BCUT2D eigenvalue weighted by Gasteiger charge is -2.22. The Balaban J connectivity index is 0.00000312. The Bertz CT molecular complexity index is 571. The first-order chi connectivity index (χ1) is 11.5. The first-order valence-electron chi connectivity index (χ1n) is 8.70. The van der Waals surface area contributed by atoms with Crippen molar-refractivity contribution >= 4 is 35.8 Å². The molecular formula is C17H31IN6O. The van der Waals surface area contributed by atoms with Crippen LogP contribution in [0.3, 0.4) is 0 Å². The van der Waals surface area contributed by atoms with Gasteiger partial charge in [-0.1, -0.05) is 13.8 Å². The minimum Gasteiger partial charge on any atom is -0.354 e. The first-order valence-corrected chi connectivity index (χ1v) is 8.70. The third kappa shape index (κ3) is 6.83. The van der Waals surface area contributed by atoms with Gasteiger partial charge in [-0.2, -0.15) is 5.10 Å². The van der Waals surface area contributed by atoms with Crippen molar-refractivity contribution in [1.82, 2.24) is 25.3 Å². The second-order valence-electron chi connectivity index (χ2n) is 6.75. The molecule has 2 rings (SSSR count). The molecule has 0 radical (unpaired) electrons. The molecule has 1 fully saturated rings. The number of halogens is 1. The van der Waals surface area contributed by atoms with Crippen LogP contribution in [0.15, 0.2) is 17.4 Å². The lowest BCUT2D eigenvalue weighted by molar-refractivity contribution is -0.123. The number of aryl methyl sites for hydroxylation is 1. The number of aliphatic imine (C=N–C) groups is 1. The average Bonchev–Trinajstić information content (AvgIpc) is 3.16. The van der Waals surface area contributed by atoms with Crippen LogP contribution in [-0.4, -0.2) is 59.8 Å². The van der Waals surface area contributed by atoms with E-state index in [1.807, 2.05) is 38.8 Å². The van der Waals surface area contributed by atoms with E-state index in [-0.39, 0.29) is 35.8 Å². The Kier molecular flexibility index (Phi) is 9.23. The van der Waals surface area contributed by atoms with Gasteiger partial charge in [-0.25, -0.2) is 0 Å². The Hall–Kier alpha value is -1.32. The van der Waals surface area contributed by atoms with E-state index in [1.54, 1.807) is 0 Å². The average molecular weight is 462 g/mol. The predicted octanol–water partition coefficient (Wildman–Crippen LogP) is 1.25. The van der Waals surface area contributed by atoms with Gasteiger partial charge in [-0.05, 0) is 24.3 Å². The number of carbonyl (C=O) groups is 1. The Morgan fingerprint density at radius 2 is 2.12 bits per heavy atom. The number of likely N-dealkylation sites (tertiary alicyclic amines) is 1. The Morgan fingerprint density at radius 1 is 1.40 bits per heavy atom. The van der Waals surface area contributed by atoms with Crippen LogP contribution in [0.4, 0.5) is 0 Å². The molecule has 1 aliphatic heterocycles. The number of guanidine groups is 1. The SMILES string of the molecule is CN=C(NCCNC(=O)C(C)C)N1CCC(Cc2cnn(C)c2)C1.I. The summed E-state index contributed by atoms with van der Waals surface area (Å²) in [5, 5.41) is 10.5. The van der Waals surface area contributed by atoms with E-state index >= 15 is 0 Å². The molecule has 2 N–H and O–H groups in total. The summed E-state index contributed by atoms with van der Waals surface area (Å²) in [4.78, 5) is 18.2. The number of rotatable bonds is 6. The molecule has 1 aromatic heterocycles. The van der Waals surface area contributed by atoms with Crippen molar-refractivity contribution in [2.45, 2.75) is 26.7 Å². The molecule has 0 saturated carbocycles. The Morgan fingerprint density at radius 3 is 2.72 bits per heavy atom. The lowest BCUT2D eigenvalue weighted by atomic mass is 10.0. The maximum atomic E-state index is 11.5. The zero-order valence-electron chi connectivity index (χ0n) is 15.7. The molecule has 0 bridgehead atoms. The summed E-state index contributed by atoms with van der Waals surface area (Å²) in [6.45, 7) is 7.12. The van der Waals surface area contributed by atoms with E-state index in [0.717, 1.165) is 25.5 Å². The number of nitrogens with zero attached hydrogens (tertiary/aromatic N) is 4. The van der Waals surface area contributed by atoms with Crippen molar-refractivity contribution in [1.29, 1.82) is 0 Å². The van der Waals surface area contributed by atoms with Crippen LogP contribution in [0.2, 0.25) is 0 Å². The molecule has 0 aliphatic carbocycles. The van der Waals surface area contributed by atoms with E-state index in [1.165, 1.54) is 12.0 Å². The molecular weight excluding hydrogens is 431 g/mol. The number of carbonyl (C=O) groups excluding carboxylic acids is 1. The quantitative estimate of drug-likeness (QED) is 0.289. The highest BCUT2D eigenvalue weighted by Crippen LogP contribution is 2.20. The van der Waals surface area contributed by atoms with Crippen LogP contribution in [0.5, 0.6) is 0 Å². The van der Waals surface area contributed by atoms with Crippen LogP contribution >= 0.6 is 24.0 Å². The molecule has 25 heavy (non-hydrogen) atoms. The fourth-order valence-corrected chi connectivity index (χ4v) is 3.00. The highest BCUT2D eigenvalue weighted by atomic mass is 127. The summed E-state index contributed by atoms with van der Waals surface area (Å²) in [6.07, 6.45) is 6.27. The molecule has 0 aromatic carbocycles.